The Hall–Kier alpha value is -2.21. The zero-order chi connectivity index (χ0) is 17.9. The van der Waals surface area contributed by atoms with Crippen LogP contribution in [0.15, 0.2) is 40.6 Å². The van der Waals surface area contributed by atoms with E-state index in [1.165, 1.54) is 10.4 Å². The van der Waals surface area contributed by atoms with Crippen molar-refractivity contribution in [1.29, 1.82) is 5.26 Å². The SMILES string of the molecule is N#Cc1ccc(COC(=O)c2sccc2S(=O)(=O)N2CCCC2)cc1. The number of carbonyl (C=O) groups is 1. The molecule has 0 N–H and O–H groups in total. The number of nitrogens with zero attached hydrogens (tertiary/aromatic N) is 2. The Bertz CT molecular complexity index is 905. The molecule has 0 saturated carbocycles. The van der Waals surface area contributed by atoms with Gasteiger partial charge in [0.25, 0.3) is 0 Å². The van der Waals surface area contributed by atoms with Gasteiger partial charge < -0.3 is 4.74 Å². The summed E-state index contributed by atoms with van der Waals surface area (Å²) in [5.41, 5.74) is 1.25. The van der Waals surface area contributed by atoms with Crippen LogP contribution in [0.1, 0.15) is 33.6 Å². The molecule has 8 heteroatoms. The normalized spacial score (nSPS) is 15.0. The maximum absolute atomic E-state index is 12.7. The Morgan fingerprint density at radius 2 is 1.88 bits per heavy atom. The van der Waals surface area contributed by atoms with Crippen molar-refractivity contribution in [3.8, 4) is 6.07 Å². The van der Waals surface area contributed by atoms with E-state index >= 15 is 0 Å². The molecule has 0 unspecified atom stereocenters. The van der Waals surface area contributed by atoms with Crippen LogP contribution in [0.2, 0.25) is 0 Å². The molecule has 0 atom stereocenters. The molecule has 2 aromatic rings. The monoisotopic (exact) mass is 376 g/mol. The zero-order valence-corrected chi connectivity index (χ0v) is 15.0. The van der Waals surface area contributed by atoms with Crippen molar-refractivity contribution in [1.82, 2.24) is 4.31 Å². The third kappa shape index (κ3) is 3.74. The first-order valence-corrected chi connectivity index (χ1v) is 10.1. The summed E-state index contributed by atoms with van der Waals surface area (Å²) in [7, 11) is -3.66. The van der Waals surface area contributed by atoms with Crippen LogP contribution in [0.25, 0.3) is 0 Å². The molecule has 1 aromatic carbocycles. The highest BCUT2D eigenvalue weighted by Crippen LogP contribution is 2.28. The summed E-state index contributed by atoms with van der Waals surface area (Å²) < 4.78 is 32.0. The minimum atomic E-state index is -3.66. The van der Waals surface area contributed by atoms with Gasteiger partial charge in [-0.2, -0.15) is 9.57 Å². The molecule has 1 fully saturated rings. The molecule has 2 heterocycles. The van der Waals surface area contributed by atoms with Gasteiger partial charge in [0.2, 0.25) is 10.0 Å². The van der Waals surface area contributed by atoms with E-state index in [0.717, 1.165) is 29.7 Å². The summed E-state index contributed by atoms with van der Waals surface area (Å²) in [6.07, 6.45) is 1.67. The zero-order valence-electron chi connectivity index (χ0n) is 13.3. The van der Waals surface area contributed by atoms with Crippen LogP contribution in [-0.2, 0) is 21.4 Å². The molecule has 0 spiro atoms. The van der Waals surface area contributed by atoms with Gasteiger partial charge >= 0.3 is 5.97 Å². The van der Waals surface area contributed by atoms with Gasteiger partial charge in [-0.3, -0.25) is 0 Å². The number of esters is 1. The number of rotatable bonds is 5. The molecule has 1 aliphatic rings. The summed E-state index contributed by atoms with van der Waals surface area (Å²) in [5, 5.41) is 10.4. The molecular weight excluding hydrogens is 360 g/mol. The van der Waals surface area contributed by atoms with Crippen molar-refractivity contribution in [2.75, 3.05) is 13.1 Å². The second-order valence-corrected chi connectivity index (χ2v) is 8.43. The third-order valence-corrected chi connectivity index (χ3v) is 6.91. The van der Waals surface area contributed by atoms with Crippen LogP contribution in [0.4, 0.5) is 0 Å². The number of nitriles is 1. The molecule has 25 heavy (non-hydrogen) atoms. The number of sulfonamides is 1. The van der Waals surface area contributed by atoms with Crippen molar-refractivity contribution in [3.63, 3.8) is 0 Å². The maximum Gasteiger partial charge on any atom is 0.350 e. The highest BCUT2D eigenvalue weighted by atomic mass is 32.2. The van der Waals surface area contributed by atoms with Crippen molar-refractivity contribution < 1.29 is 17.9 Å². The fraction of sp³-hybridized carbons (Fsp3) is 0.294. The van der Waals surface area contributed by atoms with E-state index in [2.05, 4.69) is 0 Å². The molecule has 3 rings (SSSR count). The second-order valence-electron chi connectivity index (χ2n) is 5.61. The van der Waals surface area contributed by atoms with Crippen LogP contribution in [0, 0.1) is 11.3 Å². The van der Waals surface area contributed by atoms with Crippen molar-refractivity contribution in [2.24, 2.45) is 0 Å². The molecular formula is C17H16N2O4S2. The first-order chi connectivity index (χ1) is 12.0. The summed E-state index contributed by atoms with van der Waals surface area (Å²) in [5.74, 6) is -0.655. The third-order valence-electron chi connectivity index (χ3n) is 3.95. The maximum atomic E-state index is 12.7. The number of ether oxygens (including phenoxy) is 1. The standard InChI is InChI=1S/C17H16N2O4S2/c18-11-13-3-5-14(6-4-13)12-23-17(20)16-15(7-10-24-16)25(21,22)19-8-1-2-9-19/h3-7,10H,1-2,8-9,12H2. The molecule has 1 aliphatic heterocycles. The Morgan fingerprint density at radius 1 is 1.20 bits per heavy atom. The van der Waals surface area contributed by atoms with E-state index in [1.54, 1.807) is 29.6 Å². The van der Waals surface area contributed by atoms with E-state index < -0.39 is 16.0 Å². The number of thiophene rings is 1. The van der Waals surface area contributed by atoms with Crippen molar-refractivity contribution >= 4 is 27.3 Å². The molecule has 0 radical (unpaired) electrons. The minimum Gasteiger partial charge on any atom is -0.457 e. The van der Waals surface area contributed by atoms with E-state index in [0.29, 0.717) is 18.7 Å². The van der Waals surface area contributed by atoms with Crippen LogP contribution < -0.4 is 0 Å². The van der Waals surface area contributed by atoms with Crippen LogP contribution >= 0.6 is 11.3 Å². The number of benzene rings is 1. The lowest BCUT2D eigenvalue weighted by molar-refractivity contribution is 0.0474. The van der Waals surface area contributed by atoms with Gasteiger partial charge in [0.05, 0.1) is 11.6 Å². The summed E-state index contributed by atoms with van der Waals surface area (Å²) in [4.78, 5) is 12.5. The first kappa shape index (κ1) is 17.6. The lowest BCUT2D eigenvalue weighted by atomic mass is 10.2. The lowest BCUT2D eigenvalue weighted by Gasteiger charge is -2.15. The Morgan fingerprint density at radius 3 is 2.52 bits per heavy atom. The van der Waals surface area contributed by atoms with Gasteiger partial charge in [-0.25, -0.2) is 13.2 Å². The fourth-order valence-electron chi connectivity index (χ4n) is 2.61. The van der Waals surface area contributed by atoms with E-state index in [-0.39, 0.29) is 16.4 Å². The average Bonchev–Trinajstić information content (AvgIpc) is 3.31. The van der Waals surface area contributed by atoms with Gasteiger partial charge in [-0.15, -0.1) is 11.3 Å². The first-order valence-electron chi connectivity index (χ1n) is 7.76. The Balaban J connectivity index is 1.73. The van der Waals surface area contributed by atoms with Crippen LogP contribution in [-0.4, -0.2) is 31.8 Å². The minimum absolute atomic E-state index is 0.0178. The molecule has 1 aromatic heterocycles. The van der Waals surface area contributed by atoms with Gasteiger partial charge in [0.15, 0.2) is 0 Å². The second kappa shape index (κ2) is 7.35. The smallest absolute Gasteiger partial charge is 0.350 e. The summed E-state index contributed by atoms with van der Waals surface area (Å²) in [6, 6.07) is 10.1. The lowest BCUT2D eigenvalue weighted by Crippen LogP contribution is -2.28. The molecule has 0 amide bonds. The van der Waals surface area contributed by atoms with Crippen LogP contribution in [0.3, 0.4) is 0 Å². The van der Waals surface area contributed by atoms with Gasteiger partial charge in [-0.1, -0.05) is 12.1 Å². The Kier molecular flexibility index (Phi) is 5.18. The summed E-state index contributed by atoms with van der Waals surface area (Å²) in [6.45, 7) is 0.988. The van der Waals surface area contributed by atoms with E-state index in [9.17, 15) is 13.2 Å². The molecule has 6 nitrogen and oxygen atoms in total. The number of hydrogen-bond acceptors (Lipinski definition) is 6. The van der Waals surface area contributed by atoms with Crippen molar-refractivity contribution in [2.45, 2.75) is 24.3 Å². The van der Waals surface area contributed by atoms with E-state index in [4.69, 9.17) is 10.00 Å². The predicted molar refractivity (Wildman–Crippen MR) is 92.6 cm³/mol. The quantitative estimate of drug-likeness (QED) is 0.749. The molecule has 130 valence electrons. The Labute approximate surface area is 150 Å². The largest absolute Gasteiger partial charge is 0.457 e. The number of hydrogen-bond donors (Lipinski definition) is 0. The topological polar surface area (TPSA) is 87.5 Å². The number of carbonyl (C=O) groups excluding carboxylic acids is 1. The highest BCUT2D eigenvalue weighted by molar-refractivity contribution is 7.89. The summed E-state index contributed by atoms with van der Waals surface area (Å²) >= 11 is 1.06. The average molecular weight is 376 g/mol. The van der Waals surface area contributed by atoms with E-state index in [1.807, 2.05) is 6.07 Å². The molecule has 0 aliphatic carbocycles. The van der Waals surface area contributed by atoms with Gasteiger partial charge in [0, 0.05) is 13.1 Å². The fourth-order valence-corrected chi connectivity index (χ4v) is 5.41. The van der Waals surface area contributed by atoms with Crippen LogP contribution in [0.5, 0.6) is 0 Å². The molecule has 1 saturated heterocycles. The van der Waals surface area contributed by atoms with Gasteiger partial charge in [-0.05, 0) is 42.0 Å². The molecule has 0 bridgehead atoms. The predicted octanol–water partition coefficient (Wildman–Crippen LogP) is 2.76. The van der Waals surface area contributed by atoms with Gasteiger partial charge in [0.1, 0.15) is 16.4 Å². The highest BCUT2D eigenvalue weighted by Gasteiger charge is 2.32. The van der Waals surface area contributed by atoms with Crippen molar-refractivity contribution in [3.05, 3.63) is 51.7 Å².